The highest BCUT2D eigenvalue weighted by atomic mass is 32.2. The zero-order chi connectivity index (χ0) is 21.8. The minimum atomic E-state index is -3.57. The molecular weight excluding hydrogens is 410 g/mol. The predicted molar refractivity (Wildman–Crippen MR) is 124 cm³/mol. The van der Waals surface area contributed by atoms with Crippen LogP contribution < -0.4 is 9.62 Å². The number of hydrogen-bond acceptors (Lipinski definition) is 5. The molecule has 168 valence electrons. The van der Waals surface area contributed by atoms with Gasteiger partial charge in [-0.15, -0.1) is 0 Å². The fourth-order valence-electron chi connectivity index (χ4n) is 4.49. The second-order valence-corrected chi connectivity index (χ2v) is 10.4. The van der Waals surface area contributed by atoms with Gasteiger partial charge in [-0.2, -0.15) is 0 Å². The molecule has 1 heterocycles. The minimum absolute atomic E-state index is 0.0347. The van der Waals surface area contributed by atoms with E-state index in [1.54, 1.807) is 6.07 Å². The van der Waals surface area contributed by atoms with Crippen molar-refractivity contribution in [2.45, 2.75) is 36.6 Å². The Morgan fingerprint density at radius 1 is 1.00 bits per heavy atom. The molecule has 1 saturated heterocycles. The average Bonchev–Trinajstić information content (AvgIpc) is 2.80. The van der Waals surface area contributed by atoms with Crippen molar-refractivity contribution in [1.29, 1.82) is 0 Å². The SMILES string of the molecule is CN(C)c1ccc([C@@H](CNS(=O)(=O)c2ccc3c(c2)CCCC3)N2CCOCC2)cc1. The summed E-state index contributed by atoms with van der Waals surface area (Å²) in [5.41, 5.74) is 4.70. The normalized spacial score (nSPS) is 18.4. The summed E-state index contributed by atoms with van der Waals surface area (Å²) in [6.07, 6.45) is 4.33. The summed E-state index contributed by atoms with van der Waals surface area (Å²) in [6, 6.07) is 13.9. The monoisotopic (exact) mass is 443 g/mol. The second kappa shape index (κ2) is 9.69. The molecule has 4 rings (SSSR count). The van der Waals surface area contributed by atoms with Gasteiger partial charge in [-0.05, 0) is 66.6 Å². The third-order valence-corrected chi connectivity index (χ3v) is 7.80. The maximum atomic E-state index is 13.1. The molecule has 1 fully saturated rings. The molecule has 1 N–H and O–H groups in total. The molecule has 2 aromatic carbocycles. The van der Waals surface area contributed by atoms with E-state index in [2.05, 4.69) is 38.8 Å². The van der Waals surface area contributed by atoms with Crippen LogP contribution in [0.25, 0.3) is 0 Å². The van der Waals surface area contributed by atoms with Crippen molar-refractivity contribution in [2.24, 2.45) is 0 Å². The number of rotatable bonds is 7. The molecule has 0 saturated carbocycles. The molecular formula is C24H33N3O3S. The molecule has 2 aromatic rings. The highest BCUT2D eigenvalue weighted by molar-refractivity contribution is 7.89. The Hall–Kier alpha value is -1.93. The number of hydrogen-bond donors (Lipinski definition) is 1. The average molecular weight is 444 g/mol. The van der Waals surface area contributed by atoms with Gasteiger partial charge < -0.3 is 9.64 Å². The van der Waals surface area contributed by atoms with Crippen LogP contribution in [0.1, 0.15) is 35.6 Å². The molecule has 0 unspecified atom stereocenters. The lowest BCUT2D eigenvalue weighted by Gasteiger charge is -2.35. The van der Waals surface area contributed by atoms with E-state index < -0.39 is 10.0 Å². The summed E-state index contributed by atoms with van der Waals surface area (Å²) in [7, 11) is 0.457. The quantitative estimate of drug-likeness (QED) is 0.713. The number of sulfonamides is 1. The van der Waals surface area contributed by atoms with E-state index in [0.717, 1.165) is 43.6 Å². The lowest BCUT2D eigenvalue weighted by Crippen LogP contribution is -2.43. The summed E-state index contributed by atoms with van der Waals surface area (Å²) in [6.45, 7) is 3.26. The number of nitrogens with one attached hydrogen (secondary N) is 1. The van der Waals surface area contributed by atoms with Crippen LogP contribution >= 0.6 is 0 Å². The van der Waals surface area contributed by atoms with Gasteiger partial charge in [0.25, 0.3) is 0 Å². The summed E-state index contributed by atoms with van der Waals surface area (Å²) < 4.78 is 34.6. The number of nitrogens with zero attached hydrogens (tertiary/aromatic N) is 2. The van der Waals surface area contributed by atoms with E-state index in [1.165, 1.54) is 17.5 Å². The maximum absolute atomic E-state index is 13.1. The van der Waals surface area contributed by atoms with Gasteiger partial charge in [0.15, 0.2) is 0 Å². The van der Waals surface area contributed by atoms with E-state index in [4.69, 9.17) is 4.74 Å². The number of anilines is 1. The lowest BCUT2D eigenvalue weighted by molar-refractivity contribution is 0.0172. The maximum Gasteiger partial charge on any atom is 0.240 e. The lowest BCUT2D eigenvalue weighted by atomic mass is 9.92. The summed E-state index contributed by atoms with van der Waals surface area (Å²) in [4.78, 5) is 4.74. The molecule has 1 atom stereocenters. The third kappa shape index (κ3) is 5.29. The zero-order valence-corrected chi connectivity index (χ0v) is 19.3. The molecule has 1 aliphatic heterocycles. The molecule has 31 heavy (non-hydrogen) atoms. The summed E-state index contributed by atoms with van der Waals surface area (Å²) in [5.74, 6) is 0. The van der Waals surface area contributed by atoms with Gasteiger partial charge in [0.1, 0.15) is 0 Å². The van der Waals surface area contributed by atoms with Crippen molar-refractivity contribution in [3.8, 4) is 0 Å². The molecule has 0 radical (unpaired) electrons. The molecule has 0 amide bonds. The third-order valence-electron chi connectivity index (χ3n) is 6.38. The van der Waals surface area contributed by atoms with E-state index in [1.807, 2.05) is 26.2 Å². The van der Waals surface area contributed by atoms with Crippen LogP contribution in [-0.4, -0.2) is 60.3 Å². The van der Waals surface area contributed by atoms with Gasteiger partial charge in [-0.25, -0.2) is 13.1 Å². The van der Waals surface area contributed by atoms with Crippen molar-refractivity contribution in [3.05, 3.63) is 59.2 Å². The van der Waals surface area contributed by atoms with Crippen LogP contribution in [0.3, 0.4) is 0 Å². The Bertz CT molecular complexity index is 984. The van der Waals surface area contributed by atoms with Gasteiger partial charge in [0.05, 0.1) is 18.1 Å². The van der Waals surface area contributed by atoms with E-state index >= 15 is 0 Å². The Morgan fingerprint density at radius 3 is 2.35 bits per heavy atom. The molecule has 6 nitrogen and oxygen atoms in total. The first-order valence-corrected chi connectivity index (χ1v) is 12.6. The van der Waals surface area contributed by atoms with E-state index in [-0.39, 0.29) is 6.04 Å². The Labute approximate surface area is 186 Å². The van der Waals surface area contributed by atoms with Gasteiger partial charge in [-0.3, -0.25) is 4.90 Å². The fraction of sp³-hybridized carbons (Fsp3) is 0.500. The zero-order valence-electron chi connectivity index (χ0n) is 18.5. The minimum Gasteiger partial charge on any atom is -0.379 e. The number of aryl methyl sites for hydroxylation is 2. The fourth-order valence-corrected chi connectivity index (χ4v) is 5.58. The van der Waals surface area contributed by atoms with Gasteiger partial charge >= 0.3 is 0 Å². The van der Waals surface area contributed by atoms with Crippen molar-refractivity contribution < 1.29 is 13.2 Å². The summed E-state index contributed by atoms with van der Waals surface area (Å²) in [5, 5.41) is 0. The number of ether oxygens (including phenoxy) is 1. The summed E-state index contributed by atoms with van der Waals surface area (Å²) >= 11 is 0. The smallest absolute Gasteiger partial charge is 0.240 e. The standard InChI is InChI=1S/C24H33N3O3S/c1-26(2)22-10-7-20(8-11-22)24(27-13-15-30-16-14-27)18-25-31(28,29)23-12-9-19-5-3-4-6-21(19)17-23/h7-12,17,24-25H,3-6,13-16,18H2,1-2H3/t24-/m1/s1. The molecule has 0 spiro atoms. The van der Waals surface area contributed by atoms with Gasteiger partial charge in [-0.1, -0.05) is 18.2 Å². The predicted octanol–water partition coefficient (Wildman–Crippen LogP) is 2.98. The van der Waals surface area contributed by atoms with Crippen LogP contribution in [0.2, 0.25) is 0 Å². The van der Waals surface area contributed by atoms with Crippen LogP contribution in [0.5, 0.6) is 0 Å². The first-order chi connectivity index (χ1) is 14.9. The van der Waals surface area contributed by atoms with Crippen molar-refractivity contribution >= 4 is 15.7 Å². The van der Waals surface area contributed by atoms with Crippen LogP contribution in [0.15, 0.2) is 47.4 Å². The molecule has 1 aliphatic carbocycles. The molecule has 2 aliphatic rings. The molecule has 7 heteroatoms. The highest BCUT2D eigenvalue weighted by Gasteiger charge is 2.25. The topological polar surface area (TPSA) is 61.9 Å². The Balaban J connectivity index is 1.53. The Kier molecular flexibility index (Phi) is 6.96. The molecule has 0 aromatic heterocycles. The first-order valence-electron chi connectivity index (χ1n) is 11.1. The van der Waals surface area contributed by atoms with Crippen molar-refractivity contribution in [2.75, 3.05) is 51.8 Å². The van der Waals surface area contributed by atoms with Crippen molar-refractivity contribution in [1.82, 2.24) is 9.62 Å². The van der Waals surface area contributed by atoms with E-state index in [9.17, 15) is 8.42 Å². The van der Waals surface area contributed by atoms with Crippen LogP contribution in [0, 0.1) is 0 Å². The van der Waals surface area contributed by atoms with Crippen LogP contribution in [-0.2, 0) is 27.6 Å². The van der Waals surface area contributed by atoms with E-state index in [0.29, 0.717) is 24.7 Å². The van der Waals surface area contributed by atoms with Gasteiger partial charge in [0.2, 0.25) is 10.0 Å². The number of morpholine rings is 1. The Morgan fingerprint density at radius 2 is 1.68 bits per heavy atom. The highest BCUT2D eigenvalue weighted by Crippen LogP contribution is 2.26. The number of fused-ring (bicyclic) bond motifs is 1. The van der Waals surface area contributed by atoms with Gasteiger partial charge in [0, 0.05) is 45.5 Å². The molecule has 0 bridgehead atoms. The first kappa shape index (κ1) is 22.3. The number of benzene rings is 2. The van der Waals surface area contributed by atoms with Crippen LogP contribution in [0.4, 0.5) is 5.69 Å². The second-order valence-electron chi connectivity index (χ2n) is 8.64. The largest absolute Gasteiger partial charge is 0.379 e. The van der Waals surface area contributed by atoms with Crippen molar-refractivity contribution in [3.63, 3.8) is 0 Å².